The average Bonchev–Trinajstić information content (AvgIpc) is 3.17. The number of nitrogens with zero attached hydrogens (tertiary/aromatic N) is 10. The van der Waals surface area contributed by atoms with Crippen LogP contribution in [0.1, 0.15) is 22.5 Å². The molecule has 10 nitrogen and oxygen atoms in total. The van der Waals surface area contributed by atoms with Gasteiger partial charge in [0.25, 0.3) is 11.6 Å². The maximum Gasteiger partial charge on any atom is 0.294 e. The van der Waals surface area contributed by atoms with Crippen molar-refractivity contribution in [3.8, 4) is 69.3 Å². The van der Waals surface area contributed by atoms with Crippen molar-refractivity contribution in [1.29, 1.82) is 21.0 Å². The van der Waals surface area contributed by atoms with E-state index in [1.807, 2.05) is 109 Å². The predicted molar refractivity (Wildman–Crippen MR) is 177 cm³/mol. The minimum Gasteiger partial charge on any atom is -0.370 e. The number of aromatic nitrogens is 4. The van der Waals surface area contributed by atoms with Gasteiger partial charge in [0, 0.05) is 22.3 Å². The van der Waals surface area contributed by atoms with Gasteiger partial charge in [-0.15, -0.1) is 9.97 Å². The van der Waals surface area contributed by atoms with Gasteiger partial charge in [-0.05, 0) is 24.3 Å². The molecule has 6 rings (SSSR count). The zero-order valence-corrected chi connectivity index (χ0v) is 24.9. The Morgan fingerprint density at radius 3 is 1.02 bits per heavy atom. The number of rotatable bonds is 4. The second-order valence-electron chi connectivity index (χ2n) is 9.71. The molecule has 0 amide bonds. The fourth-order valence-corrected chi connectivity index (χ4v) is 4.62. The second-order valence-corrected chi connectivity index (χ2v) is 9.71. The van der Waals surface area contributed by atoms with Gasteiger partial charge in [0.1, 0.15) is 24.3 Å². The molecule has 0 bridgehead atoms. The summed E-state index contributed by atoms with van der Waals surface area (Å²) in [6, 6.07) is 40.4. The van der Waals surface area contributed by atoms with Crippen LogP contribution in [-0.4, -0.2) is 19.9 Å². The van der Waals surface area contributed by atoms with Crippen LogP contribution in [0.4, 0.5) is 11.6 Å². The Morgan fingerprint density at radius 2 is 0.708 bits per heavy atom. The van der Waals surface area contributed by atoms with Crippen molar-refractivity contribution >= 4 is 11.6 Å². The largest absolute Gasteiger partial charge is 0.370 e. The van der Waals surface area contributed by atoms with Crippen LogP contribution < -0.4 is 0 Å². The van der Waals surface area contributed by atoms with Gasteiger partial charge in [-0.3, -0.25) is 0 Å². The zero-order valence-electron chi connectivity index (χ0n) is 24.9. The molecule has 0 atom stereocenters. The highest BCUT2D eigenvalue weighted by Gasteiger charge is 2.23. The summed E-state index contributed by atoms with van der Waals surface area (Å²) in [5.41, 5.74) is 5.56. The smallest absolute Gasteiger partial charge is 0.294 e. The summed E-state index contributed by atoms with van der Waals surface area (Å²) in [6.07, 6.45) is 0. The first-order valence-electron chi connectivity index (χ1n) is 14.0. The molecule has 0 N–H and O–H groups in total. The molecule has 2 aromatic heterocycles. The highest BCUT2D eigenvalue weighted by molar-refractivity contribution is 5.84. The Bertz CT molecular complexity index is 2220. The third-order valence-corrected chi connectivity index (χ3v) is 6.87. The predicted octanol–water partition coefficient (Wildman–Crippen LogP) is 8.21. The van der Waals surface area contributed by atoms with E-state index in [0.29, 0.717) is 45.0 Å². The van der Waals surface area contributed by atoms with E-state index >= 15 is 0 Å². The lowest BCUT2D eigenvalue weighted by atomic mass is 9.99. The van der Waals surface area contributed by atoms with E-state index in [1.165, 1.54) is 0 Å². The Kier molecular flexibility index (Phi) is 9.58. The normalized spacial score (nSPS) is 9.54. The van der Waals surface area contributed by atoms with Crippen molar-refractivity contribution in [3.63, 3.8) is 0 Å². The van der Waals surface area contributed by atoms with E-state index < -0.39 is 0 Å². The average molecular weight is 615 g/mol. The van der Waals surface area contributed by atoms with Gasteiger partial charge in [-0.2, -0.15) is 21.0 Å². The molecule has 4 aromatic carbocycles. The van der Waals surface area contributed by atoms with Gasteiger partial charge < -0.3 is 9.69 Å². The van der Waals surface area contributed by atoms with Crippen LogP contribution in [0.3, 0.4) is 0 Å². The summed E-state index contributed by atoms with van der Waals surface area (Å²) >= 11 is 0. The fourth-order valence-electron chi connectivity index (χ4n) is 4.62. The summed E-state index contributed by atoms with van der Waals surface area (Å²) in [7, 11) is 0. The first-order valence-corrected chi connectivity index (χ1v) is 14.0. The number of benzene rings is 4. The maximum atomic E-state index is 9.54. The summed E-state index contributed by atoms with van der Waals surface area (Å²) < 4.78 is 0. The van der Waals surface area contributed by atoms with Crippen LogP contribution >= 0.6 is 0 Å². The molecule has 6 aromatic rings. The number of hydrogen-bond donors (Lipinski definition) is 0. The van der Waals surface area contributed by atoms with Crippen LogP contribution in [0, 0.1) is 58.5 Å². The second kappa shape index (κ2) is 14.6. The maximum absolute atomic E-state index is 9.54. The van der Waals surface area contributed by atoms with E-state index in [9.17, 15) is 10.5 Å². The summed E-state index contributed by atoms with van der Waals surface area (Å²) in [5, 5.41) is 35.9. The Balaban J connectivity index is 0.000000387. The molecule has 220 valence electrons. The van der Waals surface area contributed by atoms with Crippen molar-refractivity contribution in [1.82, 2.24) is 19.9 Å². The molecule has 0 aliphatic carbocycles. The molecule has 0 saturated heterocycles. The topological polar surface area (TPSA) is 155 Å². The van der Waals surface area contributed by atoms with Crippen LogP contribution in [0.25, 0.3) is 54.7 Å². The van der Waals surface area contributed by atoms with Crippen molar-refractivity contribution in [2.24, 2.45) is 0 Å². The van der Waals surface area contributed by atoms with Crippen LogP contribution in [0.15, 0.2) is 109 Å². The van der Waals surface area contributed by atoms with Gasteiger partial charge in [0.2, 0.25) is 11.4 Å². The van der Waals surface area contributed by atoms with Gasteiger partial charge in [-0.1, -0.05) is 98.1 Å². The molecule has 0 aliphatic heterocycles. The van der Waals surface area contributed by atoms with Crippen molar-refractivity contribution in [2.45, 2.75) is 0 Å². The SMILES string of the molecule is N#Cc1ccccc1C#N.[C-]#[N+]c1nc(-c2ccccc2)c(-c2ccc(-c3nc(C#N)c(C#N)nc3-c3ccccc3)cc2)nc1[N+]#[C-]. The zero-order chi connectivity index (χ0) is 33.9. The highest BCUT2D eigenvalue weighted by Crippen LogP contribution is 2.37. The molecule has 48 heavy (non-hydrogen) atoms. The monoisotopic (exact) mass is 614 g/mol. The van der Waals surface area contributed by atoms with Gasteiger partial charge in [-0.25, -0.2) is 9.97 Å². The Morgan fingerprint density at radius 1 is 0.396 bits per heavy atom. The summed E-state index contributed by atoms with van der Waals surface area (Å²) in [5.74, 6) is -0.120. The molecule has 0 fully saturated rings. The minimum atomic E-state index is -0.0678. The van der Waals surface area contributed by atoms with Crippen LogP contribution in [-0.2, 0) is 0 Å². The third kappa shape index (κ3) is 6.56. The molecule has 0 spiro atoms. The Hall–Kier alpha value is -8.02. The third-order valence-electron chi connectivity index (χ3n) is 6.87. The van der Waals surface area contributed by atoms with Gasteiger partial charge in [0.15, 0.2) is 11.4 Å². The van der Waals surface area contributed by atoms with E-state index in [2.05, 4.69) is 29.6 Å². The molecule has 2 heterocycles. The molecular formula is C38H18N10. The molecule has 10 heteroatoms. The lowest BCUT2D eigenvalue weighted by molar-refractivity contribution is 1.14. The van der Waals surface area contributed by atoms with Gasteiger partial charge >= 0.3 is 0 Å². The van der Waals surface area contributed by atoms with Gasteiger partial charge in [0.05, 0.1) is 22.5 Å². The summed E-state index contributed by atoms with van der Waals surface area (Å²) in [6.45, 7) is 14.9. The first kappa shape index (κ1) is 31.4. The molecule has 0 radical (unpaired) electrons. The van der Waals surface area contributed by atoms with Crippen molar-refractivity contribution in [2.75, 3.05) is 0 Å². The molecule has 0 unspecified atom stereocenters. The van der Waals surface area contributed by atoms with E-state index in [0.717, 1.165) is 11.1 Å². The first-order chi connectivity index (χ1) is 23.5. The van der Waals surface area contributed by atoms with E-state index in [-0.39, 0.29) is 23.0 Å². The fraction of sp³-hybridized carbons (Fsp3) is 0. The summed E-state index contributed by atoms with van der Waals surface area (Å²) in [4.78, 5) is 24.7. The van der Waals surface area contributed by atoms with Crippen molar-refractivity contribution < 1.29 is 0 Å². The Labute approximate surface area is 276 Å². The molecule has 0 saturated carbocycles. The lowest BCUT2D eigenvalue weighted by Crippen LogP contribution is -2.01. The standard InChI is InChI=1S/C30H14N8.C8H4N2/c1-33-29-30(34-2)38-28(27(37-29)20-11-7-4-8-12-20)22-15-13-21(14-16-22)26-25(19-9-5-3-6-10-19)35-23(17-31)24(18-32)36-26;9-5-7-3-1-2-4-8(7)6-10/h3-16H;1-4H. The quantitative estimate of drug-likeness (QED) is 0.180. The van der Waals surface area contributed by atoms with Crippen LogP contribution in [0.5, 0.6) is 0 Å². The number of nitriles is 4. The molecular weight excluding hydrogens is 596 g/mol. The van der Waals surface area contributed by atoms with E-state index in [4.69, 9.17) is 23.7 Å². The minimum absolute atomic E-state index is 0.0407. The van der Waals surface area contributed by atoms with E-state index in [1.54, 1.807) is 24.3 Å². The molecule has 0 aliphatic rings. The van der Waals surface area contributed by atoms with Crippen molar-refractivity contribution in [3.05, 3.63) is 155 Å². The highest BCUT2D eigenvalue weighted by atomic mass is 15.0. The lowest BCUT2D eigenvalue weighted by Gasteiger charge is -2.11. The van der Waals surface area contributed by atoms with Crippen LogP contribution in [0.2, 0.25) is 0 Å². The number of hydrogen-bond acceptors (Lipinski definition) is 8.